The fraction of sp³-hybridized carbons (Fsp3) is 0.562. The first-order chi connectivity index (χ1) is 9.72. The minimum Gasteiger partial charge on any atom is -0.444 e. The Labute approximate surface area is 126 Å². The lowest BCUT2D eigenvalue weighted by Gasteiger charge is -2.36. The van der Waals surface area contributed by atoms with Crippen LogP contribution in [-0.2, 0) is 4.74 Å². The first kappa shape index (κ1) is 17.5. The fourth-order valence-corrected chi connectivity index (χ4v) is 2.00. The lowest BCUT2D eigenvalue weighted by atomic mass is 9.79. The van der Waals surface area contributed by atoms with Gasteiger partial charge in [0, 0.05) is 12.0 Å². The molecule has 5 heteroatoms. The molecule has 5 nitrogen and oxygen atoms in total. The summed E-state index contributed by atoms with van der Waals surface area (Å²) in [6.07, 6.45) is -0.524. The van der Waals surface area contributed by atoms with E-state index in [1.807, 2.05) is 37.3 Å². The molecule has 0 saturated heterocycles. The van der Waals surface area contributed by atoms with Crippen molar-refractivity contribution in [2.45, 2.75) is 39.3 Å². The first-order valence-electron chi connectivity index (χ1n) is 7.07. The molecule has 21 heavy (non-hydrogen) atoms. The van der Waals surface area contributed by atoms with Crippen molar-refractivity contribution in [1.82, 2.24) is 5.32 Å². The van der Waals surface area contributed by atoms with Crippen LogP contribution in [0.25, 0.3) is 0 Å². The second-order valence-corrected chi connectivity index (χ2v) is 6.51. The Morgan fingerprint density at radius 2 is 1.86 bits per heavy atom. The topological polar surface area (TPSA) is 84.6 Å². The van der Waals surface area contributed by atoms with Crippen molar-refractivity contribution in [2.24, 2.45) is 11.1 Å². The predicted octanol–water partition coefficient (Wildman–Crippen LogP) is 2.21. The molecule has 0 aliphatic rings. The average molecular weight is 294 g/mol. The van der Waals surface area contributed by atoms with Gasteiger partial charge >= 0.3 is 6.09 Å². The monoisotopic (exact) mass is 294 g/mol. The van der Waals surface area contributed by atoms with Crippen molar-refractivity contribution < 1.29 is 14.6 Å². The van der Waals surface area contributed by atoms with Crippen molar-refractivity contribution in [3.8, 4) is 0 Å². The molecule has 1 aromatic carbocycles. The molecule has 4 N–H and O–H groups in total. The summed E-state index contributed by atoms with van der Waals surface area (Å²) in [4.78, 5) is 12.1. The Bertz CT molecular complexity index is 450. The first-order valence-corrected chi connectivity index (χ1v) is 7.07. The third-order valence-electron chi connectivity index (χ3n) is 3.32. The van der Waals surface area contributed by atoms with Crippen LogP contribution >= 0.6 is 0 Å². The van der Waals surface area contributed by atoms with Crippen LogP contribution in [0.2, 0.25) is 0 Å². The second kappa shape index (κ2) is 6.91. The lowest BCUT2D eigenvalue weighted by Crippen LogP contribution is -2.47. The van der Waals surface area contributed by atoms with E-state index in [1.54, 1.807) is 20.8 Å². The number of hydrogen-bond acceptors (Lipinski definition) is 4. The summed E-state index contributed by atoms with van der Waals surface area (Å²) in [5.74, 6) is 0. The predicted molar refractivity (Wildman–Crippen MR) is 82.8 cm³/mol. The number of hydrogen-bond donors (Lipinski definition) is 3. The smallest absolute Gasteiger partial charge is 0.408 e. The number of ether oxygens (including phenoxy) is 1. The number of nitrogens with one attached hydrogen (secondary N) is 1. The molecule has 0 spiro atoms. The molecule has 0 heterocycles. The molecule has 1 amide bonds. The van der Waals surface area contributed by atoms with Gasteiger partial charge in [0.1, 0.15) is 5.60 Å². The summed E-state index contributed by atoms with van der Waals surface area (Å²) in [5, 5.41) is 12.5. The summed E-state index contributed by atoms with van der Waals surface area (Å²) in [6.45, 7) is 7.34. The number of carbonyl (C=O) groups is 1. The second-order valence-electron chi connectivity index (χ2n) is 6.51. The molecule has 2 atom stereocenters. The van der Waals surface area contributed by atoms with E-state index in [0.29, 0.717) is 0 Å². The van der Waals surface area contributed by atoms with Crippen LogP contribution in [0.5, 0.6) is 0 Å². The van der Waals surface area contributed by atoms with Gasteiger partial charge < -0.3 is 20.9 Å². The van der Waals surface area contributed by atoms with Crippen LogP contribution in [-0.4, -0.2) is 30.0 Å². The van der Waals surface area contributed by atoms with Gasteiger partial charge in [-0.05, 0) is 26.3 Å². The van der Waals surface area contributed by atoms with Gasteiger partial charge in [-0.15, -0.1) is 0 Å². The maximum atomic E-state index is 12.1. The van der Waals surface area contributed by atoms with Crippen molar-refractivity contribution in [3.63, 3.8) is 0 Å². The molecular formula is C16H26N2O3. The normalized spacial score (nSPS) is 15.9. The molecular weight excluding hydrogens is 268 g/mol. The lowest BCUT2D eigenvalue weighted by molar-refractivity contribution is 0.0393. The highest BCUT2D eigenvalue weighted by Gasteiger charge is 2.35. The fourth-order valence-electron chi connectivity index (χ4n) is 2.00. The number of aliphatic hydroxyl groups excluding tert-OH is 1. The van der Waals surface area contributed by atoms with E-state index < -0.39 is 23.2 Å². The molecule has 1 aromatic rings. The minimum atomic E-state index is -0.668. The van der Waals surface area contributed by atoms with Crippen LogP contribution in [0.3, 0.4) is 0 Å². The summed E-state index contributed by atoms with van der Waals surface area (Å²) in [6, 6.07) is 9.02. The van der Waals surface area contributed by atoms with Crippen molar-refractivity contribution >= 4 is 6.09 Å². The highest BCUT2D eigenvalue weighted by atomic mass is 16.6. The van der Waals surface area contributed by atoms with Gasteiger partial charge in [0.25, 0.3) is 0 Å². The number of amides is 1. The Kier molecular flexibility index (Phi) is 5.75. The number of carbonyl (C=O) groups excluding carboxylic acids is 1. The summed E-state index contributed by atoms with van der Waals surface area (Å²) in [7, 11) is 0. The highest BCUT2D eigenvalue weighted by Crippen LogP contribution is 2.32. The Morgan fingerprint density at radius 3 is 2.29 bits per heavy atom. The molecule has 2 unspecified atom stereocenters. The van der Waals surface area contributed by atoms with E-state index in [0.717, 1.165) is 5.56 Å². The number of alkyl carbamates (subject to hydrolysis) is 1. The Balaban J connectivity index is 3.01. The molecule has 1 rings (SSSR count). The Morgan fingerprint density at radius 1 is 1.29 bits per heavy atom. The zero-order chi connectivity index (χ0) is 16.1. The number of nitrogens with two attached hydrogens (primary N) is 1. The van der Waals surface area contributed by atoms with Gasteiger partial charge in [-0.2, -0.15) is 0 Å². The van der Waals surface area contributed by atoms with E-state index in [2.05, 4.69) is 5.32 Å². The molecule has 0 aliphatic carbocycles. The van der Waals surface area contributed by atoms with Crippen LogP contribution in [0, 0.1) is 5.41 Å². The maximum Gasteiger partial charge on any atom is 0.408 e. The van der Waals surface area contributed by atoms with Crippen LogP contribution in [0.1, 0.15) is 39.3 Å². The van der Waals surface area contributed by atoms with Gasteiger partial charge in [-0.25, -0.2) is 4.79 Å². The summed E-state index contributed by atoms with van der Waals surface area (Å²) >= 11 is 0. The number of aliphatic hydroxyl groups is 1. The van der Waals surface area contributed by atoms with Crippen LogP contribution in [0.15, 0.2) is 30.3 Å². The van der Waals surface area contributed by atoms with E-state index in [-0.39, 0.29) is 13.2 Å². The third-order valence-corrected chi connectivity index (χ3v) is 3.32. The standard InChI is InChI=1S/C16H26N2O3/c1-15(2,3)21-14(20)18-13(16(4,10-17)11-19)12-8-6-5-7-9-12/h5-9,13,19H,10-11,17H2,1-4H3,(H,18,20). The van der Waals surface area contributed by atoms with Crippen molar-refractivity contribution in [3.05, 3.63) is 35.9 Å². The van der Waals surface area contributed by atoms with E-state index in [4.69, 9.17) is 10.5 Å². The van der Waals surface area contributed by atoms with E-state index in [9.17, 15) is 9.90 Å². The van der Waals surface area contributed by atoms with Crippen LogP contribution in [0.4, 0.5) is 4.79 Å². The average Bonchev–Trinajstić information content (AvgIpc) is 2.43. The molecule has 0 aromatic heterocycles. The zero-order valence-electron chi connectivity index (χ0n) is 13.2. The number of rotatable bonds is 5. The van der Waals surface area contributed by atoms with Crippen molar-refractivity contribution in [2.75, 3.05) is 13.2 Å². The van der Waals surface area contributed by atoms with Gasteiger partial charge in [0.05, 0.1) is 12.6 Å². The highest BCUT2D eigenvalue weighted by molar-refractivity contribution is 5.68. The van der Waals surface area contributed by atoms with Crippen molar-refractivity contribution in [1.29, 1.82) is 0 Å². The van der Waals surface area contributed by atoms with E-state index >= 15 is 0 Å². The van der Waals surface area contributed by atoms with Crippen LogP contribution < -0.4 is 11.1 Å². The molecule has 0 aliphatic heterocycles. The molecule has 0 fully saturated rings. The zero-order valence-corrected chi connectivity index (χ0v) is 13.2. The molecule has 0 radical (unpaired) electrons. The molecule has 0 bridgehead atoms. The van der Waals surface area contributed by atoms with Gasteiger partial charge in [0.15, 0.2) is 0 Å². The molecule has 118 valence electrons. The molecule has 0 saturated carbocycles. The minimum absolute atomic E-state index is 0.140. The Hall–Kier alpha value is -1.59. The SMILES string of the molecule is CC(C)(C)OC(=O)NC(c1ccccc1)C(C)(CN)CO. The van der Waals surface area contributed by atoms with Gasteiger partial charge in [0.2, 0.25) is 0 Å². The van der Waals surface area contributed by atoms with E-state index in [1.165, 1.54) is 0 Å². The summed E-state index contributed by atoms with van der Waals surface area (Å²) < 4.78 is 5.30. The van der Waals surface area contributed by atoms with Gasteiger partial charge in [-0.1, -0.05) is 37.3 Å². The maximum absolute atomic E-state index is 12.1. The quantitative estimate of drug-likeness (QED) is 0.777. The summed E-state index contributed by atoms with van der Waals surface area (Å²) in [5.41, 5.74) is 5.44. The third kappa shape index (κ3) is 5.02. The largest absolute Gasteiger partial charge is 0.444 e. The van der Waals surface area contributed by atoms with Gasteiger partial charge in [-0.3, -0.25) is 0 Å². The number of benzene rings is 1.